The van der Waals surface area contributed by atoms with Crippen molar-refractivity contribution in [3.63, 3.8) is 0 Å². The smallest absolute Gasteiger partial charge is 0.339 e. The van der Waals surface area contributed by atoms with E-state index in [1.165, 1.54) is 18.3 Å². The van der Waals surface area contributed by atoms with Gasteiger partial charge in [0.2, 0.25) is 10.0 Å². The van der Waals surface area contributed by atoms with Gasteiger partial charge >= 0.3 is 5.97 Å². The minimum atomic E-state index is -3.43. The summed E-state index contributed by atoms with van der Waals surface area (Å²) >= 11 is 1.26. The molecular weight excluding hydrogens is 274 g/mol. The molecule has 0 aliphatic heterocycles. The molecule has 0 bridgehead atoms. The first-order chi connectivity index (χ1) is 8.44. The molecule has 0 radical (unpaired) electrons. The Morgan fingerprint density at radius 1 is 1.39 bits per heavy atom. The molecule has 0 unspecified atom stereocenters. The van der Waals surface area contributed by atoms with E-state index >= 15 is 0 Å². The molecule has 5 nitrogen and oxygen atoms in total. The summed E-state index contributed by atoms with van der Waals surface area (Å²) in [4.78, 5) is 12.3. The summed E-state index contributed by atoms with van der Waals surface area (Å²) in [7, 11) is -3.43. The number of carboxylic acids is 1. The average Bonchev–Trinajstić information content (AvgIpc) is 2.65. The highest BCUT2D eigenvalue weighted by molar-refractivity contribution is 7.92. The van der Waals surface area contributed by atoms with E-state index in [0.717, 1.165) is 36.1 Å². The summed E-state index contributed by atoms with van der Waals surface area (Å²) in [5.41, 5.74) is 0.958. The van der Waals surface area contributed by atoms with Crippen LogP contribution in [-0.4, -0.2) is 25.2 Å². The lowest BCUT2D eigenvalue weighted by atomic mass is 9.96. The standard InChI is InChI=1S/C11H15NO4S2/c1-2-18(15,16)12-10-9(11(13)14)7-5-3-4-6-8(7)17-10/h12H,2-6H2,1H3,(H,13,14). The molecule has 100 valence electrons. The number of sulfonamides is 1. The molecule has 1 aromatic rings. The Hall–Kier alpha value is -1.08. The highest BCUT2D eigenvalue weighted by Crippen LogP contribution is 2.38. The lowest BCUT2D eigenvalue weighted by molar-refractivity contribution is 0.0697. The van der Waals surface area contributed by atoms with Crippen LogP contribution in [0, 0.1) is 0 Å². The molecule has 18 heavy (non-hydrogen) atoms. The minimum absolute atomic E-state index is 0.0609. The van der Waals surface area contributed by atoms with Gasteiger partial charge in [0.05, 0.1) is 11.3 Å². The van der Waals surface area contributed by atoms with Crippen LogP contribution < -0.4 is 4.72 Å². The van der Waals surface area contributed by atoms with Crippen molar-refractivity contribution in [3.8, 4) is 0 Å². The van der Waals surface area contributed by atoms with E-state index in [1.54, 1.807) is 0 Å². The van der Waals surface area contributed by atoms with Crippen molar-refractivity contribution in [2.75, 3.05) is 10.5 Å². The molecule has 1 aromatic heterocycles. The topological polar surface area (TPSA) is 83.5 Å². The molecule has 0 amide bonds. The van der Waals surface area contributed by atoms with Gasteiger partial charge in [0.25, 0.3) is 0 Å². The van der Waals surface area contributed by atoms with Crippen LogP contribution in [0.4, 0.5) is 5.00 Å². The molecule has 2 rings (SSSR count). The fraction of sp³-hybridized carbons (Fsp3) is 0.545. The van der Waals surface area contributed by atoms with Crippen LogP contribution in [0.25, 0.3) is 0 Å². The predicted octanol–water partition coefficient (Wildman–Crippen LogP) is 2.09. The normalized spacial score (nSPS) is 15.2. The Kier molecular flexibility index (Phi) is 3.63. The zero-order valence-electron chi connectivity index (χ0n) is 10.0. The number of thiophene rings is 1. The summed E-state index contributed by atoms with van der Waals surface area (Å²) in [6.45, 7) is 1.52. The molecule has 0 saturated carbocycles. The van der Waals surface area contributed by atoms with Gasteiger partial charge in [0.1, 0.15) is 5.00 Å². The fourth-order valence-electron chi connectivity index (χ4n) is 2.08. The van der Waals surface area contributed by atoms with Crippen LogP contribution >= 0.6 is 11.3 Å². The van der Waals surface area contributed by atoms with E-state index in [9.17, 15) is 18.3 Å². The van der Waals surface area contributed by atoms with Crippen molar-refractivity contribution in [3.05, 3.63) is 16.0 Å². The van der Waals surface area contributed by atoms with E-state index < -0.39 is 16.0 Å². The Morgan fingerprint density at radius 3 is 2.67 bits per heavy atom. The van der Waals surface area contributed by atoms with Gasteiger partial charge < -0.3 is 5.11 Å². The van der Waals surface area contributed by atoms with Gasteiger partial charge in [-0.1, -0.05) is 0 Å². The SMILES string of the molecule is CCS(=O)(=O)Nc1sc2c(c1C(=O)O)CCCC2. The van der Waals surface area contributed by atoms with Crippen molar-refractivity contribution in [1.29, 1.82) is 0 Å². The van der Waals surface area contributed by atoms with Gasteiger partial charge in [-0.2, -0.15) is 0 Å². The van der Waals surface area contributed by atoms with Crippen molar-refractivity contribution < 1.29 is 18.3 Å². The number of fused-ring (bicyclic) bond motifs is 1. The van der Waals surface area contributed by atoms with Crippen LogP contribution in [0.2, 0.25) is 0 Å². The van der Waals surface area contributed by atoms with Crippen molar-refractivity contribution >= 4 is 32.3 Å². The number of aryl methyl sites for hydroxylation is 1. The predicted molar refractivity (Wildman–Crippen MR) is 71.0 cm³/mol. The van der Waals surface area contributed by atoms with Crippen molar-refractivity contribution in [2.24, 2.45) is 0 Å². The molecule has 7 heteroatoms. The Labute approximate surface area is 110 Å². The monoisotopic (exact) mass is 289 g/mol. The van der Waals surface area contributed by atoms with E-state index in [1.807, 2.05) is 0 Å². The first-order valence-corrected chi connectivity index (χ1v) is 8.30. The van der Waals surface area contributed by atoms with E-state index in [2.05, 4.69) is 4.72 Å². The molecule has 0 atom stereocenters. The highest BCUT2D eigenvalue weighted by Gasteiger charge is 2.26. The molecule has 1 aliphatic carbocycles. The maximum atomic E-state index is 11.6. The van der Waals surface area contributed by atoms with Crippen LogP contribution in [0.1, 0.15) is 40.6 Å². The first-order valence-electron chi connectivity index (χ1n) is 5.83. The van der Waals surface area contributed by atoms with Crippen molar-refractivity contribution in [1.82, 2.24) is 0 Å². The maximum Gasteiger partial charge on any atom is 0.339 e. The molecule has 1 heterocycles. The second-order valence-corrected chi connectivity index (χ2v) is 7.34. The maximum absolute atomic E-state index is 11.6. The Bertz CT molecular complexity index is 574. The van der Waals surface area contributed by atoms with E-state index in [0.29, 0.717) is 0 Å². The number of carboxylic acid groups (broad SMARTS) is 1. The van der Waals surface area contributed by atoms with Gasteiger partial charge in [0.15, 0.2) is 0 Å². The Balaban J connectivity index is 2.47. The quantitative estimate of drug-likeness (QED) is 0.889. The fourth-order valence-corrected chi connectivity index (χ4v) is 4.29. The molecule has 1 aliphatic rings. The molecule has 0 fully saturated rings. The average molecular weight is 289 g/mol. The third-order valence-electron chi connectivity index (χ3n) is 3.01. The minimum Gasteiger partial charge on any atom is -0.478 e. The van der Waals surface area contributed by atoms with E-state index in [4.69, 9.17) is 0 Å². The Morgan fingerprint density at radius 2 is 2.06 bits per heavy atom. The van der Waals surface area contributed by atoms with Crippen LogP contribution in [0.5, 0.6) is 0 Å². The van der Waals surface area contributed by atoms with Gasteiger partial charge in [-0.25, -0.2) is 13.2 Å². The number of carbonyl (C=O) groups is 1. The second kappa shape index (κ2) is 4.89. The molecule has 0 saturated heterocycles. The van der Waals surface area contributed by atoms with Crippen molar-refractivity contribution in [2.45, 2.75) is 32.6 Å². The third kappa shape index (κ3) is 2.51. The summed E-state index contributed by atoms with van der Waals surface area (Å²) in [5, 5.41) is 9.51. The zero-order valence-corrected chi connectivity index (χ0v) is 11.7. The van der Waals surface area contributed by atoms with E-state index in [-0.39, 0.29) is 16.3 Å². The van der Waals surface area contributed by atoms with Gasteiger partial charge in [-0.15, -0.1) is 11.3 Å². The lowest BCUT2D eigenvalue weighted by Crippen LogP contribution is -2.16. The number of hydrogen-bond donors (Lipinski definition) is 2. The number of anilines is 1. The van der Waals surface area contributed by atoms with Gasteiger partial charge in [-0.3, -0.25) is 4.72 Å². The number of rotatable bonds is 4. The number of hydrogen-bond acceptors (Lipinski definition) is 4. The third-order valence-corrected chi connectivity index (χ3v) is 5.63. The largest absolute Gasteiger partial charge is 0.478 e. The van der Waals surface area contributed by atoms with Crippen LogP contribution in [0.15, 0.2) is 0 Å². The second-order valence-electron chi connectivity index (χ2n) is 4.23. The number of nitrogens with one attached hydrogen (secondary N) is 1. The number of aromatic carboxylic acids is 1. The summed E-state index contributed by atoms with van der Waals surface area (Å²) in [5.74, 6) is -1.11. The highest BCUT2D eigenvalue weighted by atomic mass is 32.2. The van der Waals surface area contributed by atoms with Gasteiger partial charge in [0, 0.05) is 4.88 Å². The summed E-state index contributed by atoms with van der Waals surface area (Å²) in [6, 6.07) is 0. The molecular formula is C11H15NO4S2. The summed E-state index contributed by atoms with van der Waals surface area (Å²) in [6.07, 6.45) is 3.56. The molecule has 2 N–H and O–H groups in total. The lowest BCUT2D eigenvalue weighted by Gasteiger charge is -2.10. The summed E-state index contributed by atoms with van der Waals surface area (Å²) < 4.78 is 25.5. The van der Waals surface area contributed by atoms with Gasteiger partial charge in [-0.05, 0) is 38.2 Å². The molecule has 0 spiro atoms. The zero-order chi connectivity index (χ0) is 13.3. The van der Waals surface area contributed by atoms with Crippen LogP contribution in [-0.2, 0) is 22.9 Å². The molecule has 0 aromatic carbocycles. The first kappa shape index (κ1) is 13.4. The van der Waals surface area contributed by atoms with Crippen LogP contribution in [0.3, 0.4) is 0 Å².